The van der Waals surface area contributed by atoms with Gasteiger partial charge in [0.25, 0.3) is 0 Å². The van der Waals surface area contributed by atoms with Gasteiger partial charge in [-0.15, -0.1) is 11.3 Å². The van der Waals surface area contributed by atoms with Crippen molar-refractivity contribution in [2.45, 2.75) is 31.8 Å². The quantitative estimate of drug-likeness (QED) is 0.899. The molecule has 0 amide bonds. The van der Waals surface area contributed by atoms with Crippen molar-refractivity contribution in [2.24, 2.45) is 0 Å². The average Bonchev–Trinajstić information content (AvgIpc) is 2.90. The monoisotopic (exact) mass is 293 g/mol. The molecule has 0 radical (unpaired) electrons. The summed E-state index contributed by atoms with van der Waals surface area (Å²) in [6.45, 7) is 3.20. The van der Waals surface area contributed by atoms with Crippen LogP contribution in [0.15, 0.2) is 12.4 Å². The van der Waals surface area contributed by atoms with Crippen LogP contribution < -0.4 is 4.90 Å². The molecular weight excluding hydrogens is 274 g/mol. The van der Waals surface area contributed by atoms with Gasteiger partial charge in [-0.2, -0.15) is 0 Å². The lowest BCUT2D eigenvalue weighted by atomic mass is 9.94. The molecule has 0 bridgehead atoms. The summed E-state index contributed by atoms with van der Waals surface area (Å²) >= 11 is 1.69. The molecule has 1 atom stereocenters. The highest BCUT2D eigenvalue weighted by Crippen LogP contribution is 2.33. The first-order valence-corrected chi connectivity index (χ1v) is 7.78. The van der Waals surface area contributed by atoms with Gasteiger partial charge >= 0.3 is 0 Å². The van der Waals surface area contributed by atoms with Crippen LogP contribution in [0.25, 0.3) is 10.2 Å². The van der Waals surface area contributed by atoms with Gasteiger partial charge in [0.05, 0.1) is 18.5 Å². The van der Waals surface area contributed by atoms with Gasteiger partial charge in [-0.1, -0.05) is 6.92 Å². The van der Waals surface area contributed by atoms with Gasteiger partial charge in [0.2, 0.25) is 0 Å². The predicted molar refractivity (Wildman–Crippen MR) is 80.3 cm³/mol. The number of hydrogen-bond donors (Lipinski definition) is 2. The first-order chi connectivity index (χ1) is 9.65. The van der Waals surface area contributed by atoms with E-state index in [-0.39, 0.29) is 6.61 Å². The number of hydrogen-bond acceptors (Lipinski definition) is 6. The van der Waals surface area contributed by atoms with E-state index in [1.807, 2.05) is 0 Å². The van der Waals surface area contributed by atoms with E-state index in [2.05, 4.69) is 27.9 Å². The van der Waals surface area contributed by atoms with E-state index >= 15 is 0 Å². The Morgan fingerprint density at radius 1 is 1.45 bits per heavy atom. The summed E-state index contributed by atoms with van der Waals surface area (Å²) in [5.74, 6) is 0.873. The molecule has 1 fully saturated rings. The Labute approximate surface area is 121 Å². The lowest BCUT2D eigenvalue weighted by Crippen LogP contribution is -2.50. The number of rotatable bonds is 3. The van der Waals surface area contributed by atoms with Crippen LogP contribution in [-0.4, -0.2) is 45.5 Å². The Kier molecular flexibility index (Phi) is 3.62. The minimum absolute atomic E-state index is 0.207. The smallest absolute Gasteiger partial charge is 0.140 e. The fourth-order valence-corrected chi connectivity index (χ4v) is 3.67. The first-order valence-electron chi connectivity index (χ1n) is 6.97. The Balaban J connectivity index is 1.99. The van der Waals surface area contributed by atoms with Gasteiger partial charge in [-0.05, 0) is 25.3 Å². The molecule has 1 saturated heterocycles. The molecule has 1 aliphatic rings. The molecule has 108 valence electrons. The lowest BCUT2D eigenvalue weighted by molar-refractivity contribution is -0.0242. The number of aryl methyl sites for hydroxylation is 1. The minimum Gasteiger partial charge on any atom is -0.393 e. The predicted octanol–water partition coefficient (Wildman–Crippen LogP) is 1.58. The van der Waals surface area contributed by atoms with Crippen molar-refractivity contribution >= 4 is 27.4 Å². The summed E-state index contributed by atoms with van der Waals surface area (Å²) in [4.78, 5) is 13.1. The topological polar surface area (TPSA) is 69.5 Å². The van der Waals surface area contributed by atoms with Crippen molar-refractivity contribution in [1.29, 1.82) is 0 Å². The lowest BCUT2D eigenvalue weighted by Gasteiger charge is -2.38. The zero-order valence-electron chi connectivity index (χ0n) is 11.5. The van der Waals surface area contributed by atoms with Crippen LogP contribution in [0.1, 0.15) is 24.6 Å². The summed E-state index contributed by atoms with van der Waals surface area (Å²) in [6, 6.07) is 2.14. The van der Waals surface area contributed by atoms with Gasteiger partial charge in [0.1, 0.15) is 22.6 Å². The molecule has 0 aliphatic carbocycles. The number of piperidine rings is 1. The Bertz CT molecular complexity index is 615. The van der Waals surface area contributed by atoms with Crippen molar-refractivity contribution in [3.63, 3.8) is 0 Å². The maximum absolute atomic E-state index is 10.3. The van der Waals surface area contributed by atoms with Crippen LogP contribution in [0.4, 0.5) is 5.82 Å². The SMILES string of the molecule is CCc1cc2c(N3CCCC(O)(CO)C3)ncnc2s1. The van der Waals surface area contributed by atoms with Crippen molar-refractivity contribution in [2.75, 3.05) is 24.6 Å². The average molecular weight is 293 g/mol. The summed E-state index contributed by atoms with van der Waals surface area (Å²) in [6.07, 6.45) is 4.06. The molecule has 1 unspecified atom stereocenters. The molecule has 5 nitrogen and oxygen atoms in total. The molecule has 0 saturated carbocycles. The number of fused-ring (bicyclic) bond motifs is 1. The van der Waals surface area contributed by atoms with Crippen molar-refractivity contribution in [3.05, 3.63) is 17.3 Å². The Morgan fingerprint density at radius 3 is 3.05 bits per heavy atom. The maximum Gasteiger partial charge on any atom is 0.140 e. The number of anilines is 1. The normalized spacial score (nSPS) is 23.4. The third-order valence-electron chi connectivity index (χ3n) is 3.86. The molecule has 3 heterocycles. The number of thiophene rings is 1. The van der Waals surface area contributed by atoms with Crippen molar-refractivity contribution in [1.82, 2.24) is 9.97 Å². The number of β-amino-alcohol motifs (C(OH)–C–C–N with tert-alkyl or cyclic N) is 1. The summed E-state index contributed by atoms with van der Waals surface area (Å²) in [5, 5.41) is 20.7. The third kappa shape index (κ3) is 2.39. The van der Waals surface area contributed by atoms with E-state index < -0.39 is 5.60 Å². The third-order valence-corrected chi connectivity index (χ3v) is 5.04. The van der Waals surface area contributed by atoms with E-state index in [1.54, 1.807) is 17.7 Å². The standard InChI is InChI=1S/C14H19N3O2S/c1-2-10-6-11-12(15-9-16-13(11)20-10)17-5-3-4-14(19,7-17)8-18/h6,9,18-19H,2-5,7-8H2,1H3. The fraction of sp³-hybridized carbons (Fsp3) is 0.571. The number of aromatic nitrogens is 2. The van der Waals surface area contributed by atoms with Crippen LogP contribution in [0.5, 0.6) is 0 Å². The second kappa shape index (κ2) is 5.27. The molecular formula is C14H19N3O2S. The largest absolute Gasteiger partial charge is 0.393 e. The van der Waals surface area contributed by atoms with Crippen LogP contribution in [-0.2, 0) is 6.42 Å². The van der Waals surface area contributed by atoms with E-state index in [1.165, 1.54) is 4.88 Å². The second-order valence-corrected chi connectivity index (χ2v) is 6.51. The molecule has 2 aromatic rings. The summed E-state index contributed by atoms with van der Waals surface area (Å²) in [5.41, 5.74) is -1.01. The highest BCUT2D eigenvalue weighted by atomic mass is 32.1. The molecule has 20 heavy (non-hydrogen) atoms. The van der Waals surface area contributed by atoms with Crippen molar-refractivity contribution < 1.29 is 10.2 Å². The Hall–Kier alpha value is -1.24. The molecule has 0 spiro atoms. The number of aliphatic hydroxyl groups excluding tert-OH is 1. The van der Waals surface area contributed by atoms with E-state index in [0.29, 0.717) is 13.0 Å². The molecule has 6 heteroatoms. The van der Waals surface area contributed by atoms with Crippen LogP contribution in [0.3, 0.4) is 0 Å². The molecule has 2 aromatic heterocycles. The summed E-state index contributed by atoms with van der Waals surface area (Å²) < 4.78 is 0. The number of aliphatic hydroxyl groups is 2. The van der Waals surface area contributed by atoms with E-state index in [4.69, 9.17) is 0 Å². The second-order valence-electron chi connectivity index (χ2n) is 5.39. The van der Waals surface area contributed by atoms with Crippen molar-refractivity contribution in [3.8, 4) is 0 Å². The number of nitrogens with zero attached hydrogens (tertiary/aromatic N) is 3. The highest BCUT2D eigenvalue weighted by molar-refractivity contribution is 7.18. The van der Waals surface area contributed by atoms with E-state index in [9.17, 15) is 10.2 Å². The minimum atomic E-state index is -1.01. The maximum atomic E-state index is 10.3. The zero-order chi connectivity index (χ0) is 14.2. The highest BCUT2D eigenvalue weighted by Gasteiger charge is 2.33. The van der Waals surface area contributed by atoms with Gasteiger partial charge in [0.15, 0.2) is 0 Å². The molecule has 2 N–H and O–H groups in total. The zero-order valence-corrected chi connectivity index (χ0v) is 12.4. The van der Waals surface area contributed by atoms with E-state index in [0.717, 1.165) is 35.4 Å². The first kappa shape index (κ1) is 13.7. The van der Waals surface area contributed by atoms with Gasteiger partial charge in [-0.25, -0.2) is 9.97 Å². The van der Waals surface area contributed by atoms with Gasteiger partial charge < -0.3 is 15.1 Å². The van der Waals surface area contributed by atoms with Gasteiger partial charge in [0, 0.05) is 11.4 Å². The molecule has 0 aromatic carbocycles. The molecule has 3 rings (SSSR count). The van der Waals surface area contributed by atoms with Crippen LogP contribution in [0.2, 0.25) is 0 Å². The Morgan fingerprint density at radius 2 is 2.30 bits per heavy atom. The van der Waals surface area contributed by atoms with Gasteiger partial charge in [-0.3, -0.25) is 0 Å². The fourth-order valence-electron chi connectivity index (χ4n) is 2.74. The summed E-state index contributed by atoms with van der Waals surface area (Å²) in [7, 11) is 0. The molecule has 1 aliphatic heterocycles. The van der Waals surface area contributed by atoms with Crippen LogP contribution >= 0.6 is 11.3 Å². The van der Waals surface area contributed by atoms with Crippen LogP contribution in [0, 0.1) is 0 Å².